The summed E-state index contributed by atoms with van der Waals surface area (Å²) in [6.07, 6.45) is 0.538. The van der Waals surface area contributed by atoms with E-state index in [-0.39, 0.29) is 0 Å². The molecule has 1 N–H and O–H groups in total. The normalized spacial score (nSPS) is 13.7. The Balaban J connectivity index is 1.98. The number of ether oxygens (including phenoxy) is 1. The van der Waals surface area contributed by atoms with Crippen LogP contribution in [-0.2, 0) is 6.54 Å². The molecule has 3 heteroatoms. The fourth-order valence-electron chi connectivity index (χ4n) is 2.88. The predicted molar refractivity (Wildman–Crippen MR) is 104 cm³/mol. The third kappa shape index (κ3) is 6.18. The van der Waals surface area contributed by atoms with E-state index in [1.807, 2.05) is 30.3 Å². The van der Waals surface area contributed by atoms with Crippen molar-refractivity contribution in [1.82, 2.24) is 4.90 Å². The van der Waals surface area contributed by atoms with Crippen LogP contribution in [0.1, 0.15) is 37.0 Å². The third-order valence-electron chi connectivity index (χ3n) is 4.72. The topological polar surface area (TPSA) is 32.7 Å². The molecule has 2 aromatic rings. The molecule has 0 aliphatic heterocycles. The Morgan fingerprint density at radius 3 is 2.48 bits per heavy atom. The number of benzene rings is 2. The van der Waals surface area contributed by atoms with E-state index in [1.165, 1.54) is 16.7 Å². The monoisotopic (exact) mass is 341 g/mol. The van der Waals surface area contributed by atoms with E-state index in [0.29, 0.717) is 19.2 Å². The van der Waals surface area contributed by atoms with Crippen LogP contribution < -0.4 is 4.74 Å². The van der Waals surface area contributed by atoms with Gasteiger partial charge < -0.3 is 9.84 Å². The van der Waals surface area contributed by atoms with Gasteiger partial charge in [0.15, 0.2) is 0 Å². The average molecular weight is 341 g/mol. The van der Waals surface area contributed by atoms with Crippen molar-refractivity contribution in [2.45, 2.75) is 52.8 Å². The minimum absolute atomic E-state index is 0.309. The van der Waals surface area contributed by atoms with Gasteiger partial charge >= 0.3 is 0 Å². The Hall–Kier alpha value is -1.84. The molecule has 0 fully saturated rings. The van der Waals surface area contributed by atoms with E-state index in [2.05, 4.69) is 50.8 Å². The molecular formula is C22H31NO2. The van der Waals surface area contributed by atoms with Gasteiger partial charge in [0.05, 0.1) is 0 Å². The fraction of sp³-hybridized carbons (Fsp3) is 0.455. The van der Waals surface area contributed by atoms with Crippen LogP contribution in [0.4, 0.5) is 0 Å². The average Bonchev–Trinajstić information content (AvgIpc) is 2.62. The van der Waals surface area contributed by atoms with Crippen molar-refractivity contribution in [3.8, 4) is 5.75 Å². The molecule has 0 heterocycles. The molecule has 136 valence electrons. The van der Waals surface area contributed by atoms with E-state index < -0.39 is 6.10 Å². The zero-order valence-electron chi connectivity index (χ0n) is 15.9. The van der Waals surface area contributed by atoms with Crippen molar-refractivity contribution < 1.29 is 9.84 Å². The molecule has 25 heavy (non-hydrogen) atoms. The zero-order chi connectivity index (χ0) is 18.2. The number of nitrogens with zero attached hydrogens (tertiary/aromatic N) is 1. The molecule has 0 unspecified atom stereocenters. The highest BCUT2D eigenvalue weighted by molar-refractivity contribution is 5.30. The van der Waals surface area contributed by atoms with Crippen LogP contribution >= 0.6 is 0 Å². The number of aryl methyl sites for hydroxylation is 2. The number of rotatable bonds is 9. The van der Waals surface area contributed by atoms with E-state index in [0.717, 1.165) is 18.7 Å². The third-order valence-corrected chi connectivity index (χ3v) is 4.72. The van der Waals surface area contributed by atoms with Crippen LogP contribution in [0.25, 0.3) is 0 Å². The largest absolute Gasteiger partial charge is 0.491 e. The van der Waals surface area contributed by atoms with Crippen LogP contribution in [0.2, 0.25) is 0 Å². The fourth-order valence-corrected chi connectivity index (χ4v) is 2.88. The summed E-state index contributed by atoms with van der Waals surface area (Å²) in [5.41, 5.74) is 3.91. The van der Waals surface area contributed by atoms with Crippen LogP contribution in [-0.4, -0.2) is 35.3 Å². The first-order chi connectivity index (χ1) is 12.0. The Kier molecular flexibility index (Phi) is 7.48. The maximum absolute atomic E-state index is 10.5. The van der Waals surface area contributed by atoms with Crippen LogP contribution in [0, 0.1) is 13.8 Å². The lowest BCUT2D eigenvalue weighted by Gasteiger charge is -2.31. The van der Waals surface area contributed by atoms with Gasteiger partial charge in [-0.25, -0.2) is 0 Å². The Morgan fingerprint density at radius 2 is 1.80 bits per heavy atom. The van der Waals surface area contributed by atoms with E-state index in [9.17, 15) is 5.11 Å². The summed E-state index contributed by atoms with van der Waals surface area (Å²) < 4.78 is 5.70. The van der Waals surface area contributed by atoms with Gasteiger partial charge in [0, 0.05) is 19.1 Å². The van der Waals surface area contributed by atoms with Crippen LogP contribution in [0.5, 0.6) is 5.75 Å². The molecule has 0 aromatic heterocycles. The number of hydrogen-bond donors (Lipinski definition) is 1. The highest BCUT2D eigenvalue weighted by Crippen LogP contribution is 2.17. The number of aliphatic hydroxyl groups excluding tert-OH is 1. The van der Waals surface area contributed by atoms with E-state index in [1.54, 1.807) is 0 Å². The van der Waals surface area contributed by atoms with Crippen molar-refractivity contribution >= 4 is 0 Å². The van der Waals surface area contributed by atoms with Gasteiger partial charge in [0.2, 0.25) is 0 Å². The maximum Gasteiger partial charge on any atom is 0.119 e. The van der Waals surface area contributed by atoms with Gasteiger partial charge in [-0.2, -0.15) is 0 Å². The molecule has 3 nitrogen and oxygen atoms in total. The first kappa shape index (κ1) is 19.5. The molecule has 0 amide bonds. The maximum atomic E-state index is 10.5. The Bertz CT molecular complexity index is 642. The first-order valence-corrected chi connectivity index (χ1v) is 9.15. The standard InChI is InChI=1S/C22H31NO2/c1-5-19(4)23(14-20-13-17(2)11-12-18(20)3)15-21(24)16-25-22-9-7-6-8-10-22/h6-13,19,21,24H,5,14-16H2,1-4H3/t19-,21+/m1/s1. The minimum Gasteiger partial charge on any atom is -0.491 e. The SMILES string of the molecule is CC[C@@H](C)N(Cc1cc(C)ccc1C)C[C@H](O)COc1ccccc1. The molecule has 2 atom stereocenters. The quantitative estimate of drug-likeness (QED) is 0.736. The van der Waals surface area contributed by atoms with Crippen molar-refractivity contribution in [3.63, 3.8) is 0 Å². The molecule has 2 aromatic carbocycles. The molecule has 0 spiro atoms. The summed E-state index contributed by atoms with van der Waals surface area (Å²) in [6.45, 7) is 10.4. The van der Waals surface area contributed by atoms with Gasteiger partial charge in [-0.05, 0) is 50.5 Å². The van der Waals surface area contributed by atoms with Gasteiger partial charge in [-0.3, -0.25) is 4.90 Å². The molecular weight excluding hydrogens is 310 g/mol. The van der Waals surface area contributed by atoms with Crippen molar-refractivity contribution in [2.24, 2.45) is 0 Å². The number of hydrogen-bond acceptors (Lipinski definition) is 3. The lowest BCUT2D eigenvalue weighted by molar-refractivity contribution is 0.0505. The smallest absolute Gasteiger partial charge is 0.119 e. The zero-order valence-corrected chi connectivity index (χ0v) is 15.9. The van der Waals surface area contributed by atoms with Crippen molar-refractivity contribution in [3.05, 3.63) is 65.2 Å². The lowest BCUT2D eigenvalue weighted by Crippen LogP contribution is -2.40. The van der Waals surface area contributed by atoms with Crippen LogP contribution in [0.15, 0.2) is 48.5 Å². The van der Waals surface area contributed by atoms with Gasteiger partial charge in [0.1, 0.15) is 18.5 Å². The second-order valence-corrected chi connectivity index (χ2v) is 6.89. The summed E-state index contributed by atoms with van der Waals surface area (Å²) in [4.78, 5) is 2.35. The van der Waals surface area contributed by atoms with Gasteiger partial charge in [-0.1, -0.05) is 48.9 Å². The Morgan fingerprint density at radius 1 is 1.08 bits per heavy atom. The van der Waals surface area contributed by atoms with Crippen molar-refractivity contribution in [1.29, 1.82) is 0 Å². The molecule has 0 bridgehead atoms. The van der Waals surface area contributed by atoms with E-state index in [4.69, 9.17) is 4.74 Å². The summed E-state index contributed by atoms with van der Waals surface area (Å²) in [5, 5.41) is 10.5. The summed E-state index contributed by atoms with van der Waals surface area (Å²) in [7, 11) is 0. The summed E-state index contributed by atoms with van der Waals surface area (Å²) >= 11 is 0. The second-order valence-electron chi connectivity index (χ2n) is 6.89. The predicted octanol–water partition coefficient (Wildman–Crippen LogP) is 4.34. The second kappa shape index (κ2) is 9.59. The molecule has 0 aliphatic rings. The molecule has 0 saturated heterocycles. The highest BCUT2D eigenvalue weighted by atomic mass is 16.5. The Labute approximate surface area is 152 Å². The number of aliphatic hydroxyl groups is 1. The molecule has 0 radical (unpaired) electrons. The van der Waals surface area contributed by atoms with E-state index >= 15 is 0 Å². The summed E-state index contributed by atoms with van der Waals surface area (Å²) in [5.74, 6) is 0.797. The minimum atomic E-state index is -0.515. The lowest BCUT2D eigenvalue weighted by atomic mass is 10.0. The highest BCUT2D eigenvalue weighted by Gasteiger charge is 2.18. The number of para-hydroxylation sites is 1. The van der Waals surface area contributed by atoms with Crippen molar-refractivity contribution in [2.75, 3.05) is 13.2 Å². The molecule has 0 aliphatic carbocycles. The molecule has 2 rings (SSSR count). The van der Waals surface area contributed by atoms with Gasteiger partial charge in [-0.15, -0.1) is 0 Å². The molecule has 0 saturated carbocycles. The first-order valence-electron chi connectivity index (χ1n) is 9.15. The van der Waals surface area contributed by atoms with Crippen LogP contribution in [0.3, 0.4) is 0 Å². The summed E-state index contributed by atoms with van der Waals surface area (Å²) in [6, 6.07) is 16.6. The van der Waals surface area contributed by atoms with Gasteiger partial charge in [0.25, 0.3) is 0 Å².